The van der Waals surface area contributed by atoms with E-state index in [1.807, 2.05) is 0 Å². The molecule has 1 aromatic carbocycles. The minimum absolute atomic E-state index is 0.111. The maximum atomic E-state index is 12.7. The summed E-state index contributed by atoms with van der Waals surface area (Å²) in [6.45, 7) is 1.69. The van der Waals surface area contributed by atoms with Gasteiger partial charge in [0.25, 0.3) is 0 Å². The fourth-order valence-corrected chi connectivity index (χ4v) is 1.87. The lowest BCUT2D eigenvalue weighted by Gasteiger charge is -2.29. The van der Waals surface area contributed by atoms with E-state index in [4.69, 9.17) is 4.74 Å². The van der Waals surface area contributed by atoms with Gasteiger partial charge in [0.2, 0.25) is 0 Å². The lowest BCUT2D eigenvalue weighted by atomic mass is 9.88. The van der Waals surface area contributed by atoms with Gasteiger partial charge in [0.1, 0.15) is 5.82 Å². The molecule has 1 unspecified atom stereocenters. The molecule has 1 aliphatic heterocycles. The standard InChI is InChI=1S/C12H15FO2/c13-12-3-1-10(2-4-12)11(6-14)5-9-7-15-8-9/h1-4,9,11,14H,5-8H2. The summed E-state index contributed by atoms with van der Waals surface area (Å²) >= 11 is 0. The van der Waals surface area contributed by atoms with Crippen molar-refractivity contribution in [1.29, 1.82) is 0 Å². The van der Waals surface area contributed by atoms with Crippen molar-refractivity contribution < 1.29 is 14.2 Å². The molecule has 0 spiro atoms. The first-order chi connectivity index (χ1) is 7.29. The average Bonchev–Trinajstić information content (AvgIpc) is 2.19. The minimum Gasteiger partial charge on any atom is -0.396 e. The van der Waals surface area contributed by atoms with Crippen LogP contribution in [0.25, 0.3) is 0 Å². The summed E-state index contributed by atoms with van der Waals surface area (Å²) in [5.74, 6) is 0.425. The Labute approximate surface area is 88.7 Å². The summed E-state index contributed by atoms with van der Waals surface area (Å²) in [4.78, 5) is 0. The Bertz CT molecular complexity index is 306. The summed E-state index contributed by atoms with van der Waals surface area (Å²) in [7, 11) is 0. The molecule has 15 heavy (non-hydrogen) atoms. The number of aliphatic hydroxyl groups is 1. The normalized spacial score (nSPS) is 18.5. The molecule has 2 nitrogen and oxygen atoms in total. The number of halogens is 1. The van der Waals surface area contributed by atoms with E-state index < -0.39 is 0 Å². The zero-order valence-electron chi connectivity index (χ0n) is 8.53. The monoisotopic (exact) mass is 210 g/mol. The predicted octanol–water partition coefficient (Wildman–Crippen LogP) is 1.94. The van der Waals surface area contributed by atoms with E-state index >= 15 is 0 Å². The second-order valence-corrected chi connectivity index (χ2v) is 4.07. The van der Waals surface area contributed by atoms with E-state index in [0.29, 0.717) is 5.92 Å². The molecule has 1 fully saturated rings. The van der Waals surface area contributed by atoms with E-state index in [0.717, 1.165) is 25.2 Å². The first-order valence-electron chi connectivity index (χ1n) is 5.23. The van der Waals surface area contributed by atoms with Crippen LogP contribution >= 0.6 is 0 Å². The first-order valence-corrected chi connectivity index (χ1v) is 5.23. The highest BCUT2D eigenvalue weighted by Gasteiger charge is 2.23. The van der Waals surface area contributed by atoms with Crippen molar-refractivity contribution in [2.75, 3.05) is 19.8 Å². The Morgan fingerprint density at radius 1 is 1.33 bits per heavy atom. The van der Waals surface area contributed by atoms with Crippen LogP contribution in [-0.2, 0) is 4.74 Å². The number of hydrogen-bond donors (Lipinski definition) is 1. The second-order valence-electron chi connectivity index (χ2n) is 4.07. The van der Waals surface area contributed by atoms with Crippen LogP contribution in [0, 0.1) is 11.7 Å². The van der Waals surface area contributed by atoms with Crippen LogP contribution in [0.1, 0.15) is 17.9 Å². The van der Waals surface area contributed by atoms with Gasteiger partial charge < -0.3 is 9.84 Å². The molecule has 1 atom stereocenters. The highest BCUT2D eigenvalue weighted by molar-refractivity contribution is 5.20. The van der Waals surface area contributed by atoms with Gasteiger partial charge in [-0.15, -0.1) is 0 Å². The van der Waals surface area contributed by atoms with Gasteiger partial charge in [-0.2, -0.15) is 0 Å². The van der Waals surface area contributed by atoms with Crippen LogP contribution in [0.5, 0.6) is 0 Å². The van der Waals surface area contributed by atoms with Crippen molar-refractivity contribution in [3.8, 4) is 0 Å². The van der Waals surface area contributed by atoms with Gasteiger partial charge in [-0.3, -0.25) is 0 Å². The fraction of sp³-hybridized carbons (Fsp3) is 0.500. The summed E-state index contributed by atoms with van der Waals surface area (Å²) in [5, 5.41) is 9.28. The molecule has 0 radical (unpaired) electrons. The van der Waals surface area contributed by atoms with Crippen LogP contribution in [0.2, 0.25) is 0 Å². The van der Waals surface area contributed by atoms with Gasteiger partial charge >= 0.3 is 0 Å². The minimum atomic E-state index is -0.234. The van der Waals surface area contributed by atoms with Gasteiger partial charge in [0, 0.05) is 18.4 Å². The maximum Gasteiger partial charge on any atom is 0.123 e. The third-order valence-electron chi connectivity index (χ3n) is 2.89. The Morgan fingerprint density at radius 2 is 2.00 bits per heavy atom. The van der Waals surface area contributed by atoms with E-state index in [1.165, 1.54) is 12.1 Å². The van der Waals surface area contributed by atoms with Gasteiger partial charge in [0.15, 0.2) is 0 Å². The molecule has 2 rings (SSSR count). The lowest BCUT2D eigenvalue weighted by molar-refractivity contribution is -0.0405. The van der Waals surface area contributed by atoms with Crippen LogP contribution < -0.4 is 0 Å². The smallest absolute Gasteiger partial charge is 0.123 e. The number of hydrogen-bond acceptors (Lipinski definition) is 2. The van der Waals surface area contributed by atoms with Gasteiger partial charge in [-0.05, 0) is 24.1 Å². The van der Waals surface area contributed by atoms with Crippen molar-refractivity contribution in [3.63, 3.8) is 0 Å². The zero-order chi connectivity index (χ0) is 10.7. The van der Waals surface area contributed by atoms with Crippen molar-refractivity contribution in [1.82, 2.24) is 0 Å². The third-order valence-corrected chi connectivity index (χ3v) is 2.89. The maximum absolute atomic E-state index is 12.7. The molecular weight excluding hydrogens is 195 g/mol. The molecule has 0 aromatic heterocycles. The molecule has 0 bridgehead atoms. The van der Waals surface area contributed by atoms with Crippen LogP contribution in [0.15, 0.2) is 24.3 Å². The molecule has 1 N–H and O–H groups in total. The van der Waals surface area contributed by atoms with E-state index in [9.17, 15) is 9.50 Å². The van der Waals surface area contributed by atoms with Crippen LogP contribution in [-0.4, -0.2) is 24.9 Å². The van der Waals surface area contributed by atoms with Crippen LogP contribution in [0.3, 0.4) is 0 Å². The number of rotatable bonds is 4. The Hall–Kier alpha value is -0.930. The van der Waals surface area contributed by atoms with Crippen molar-refractivity contribution >= 4 is 0 Å². The Balaban J connectivity index is 2.01. The SMILES string of the molecule is OCC(CC1COC1)c1ccc(F)cc1. The topological polar surface area (TPSA) is 29.5 Å². The van der Waals surface area contributed by atoms with Crippen molar-refractivity contribution in [3.05, 3.63) is 35.6 Å². The summed E-state index contributed by atoms with van der Waals surface area (Å²) < 4.78 is 17.8. The molecule has 0 amide bonds. The van der Waals surface area contributed by atoms with Crippen molar-refractivity contribution in [2.45, 2.75) is 12.3 Å². The second kappa shape index (κ2) is 4.73. The molecule has 3 heteroatoms. The van der Waals surface area contributed by atoms with Gasteiger partial charge in [-0.25, -0.2) is 4.39 Å². The molecule has 1 heterocycles. The highest BCUT2D eigenvalue weighted by Crippen LogP contribution is 2.27. The molecule has 0 aliphatic carbocycles. The van der Waals surface area contributed by atoms with Gasteiger partial charge in [-0.1, -0.05) is 12.1 Å². The zero-order valence-corrected chi connectivity index (χ0v) is 8.53. The number of aliphatic hydroxyl groups excluding tert-OH is 1. The molecule has 82 valence electrons. The summed E-state index contributed by atoms with van der Waals surface area (Å²) in [5.41, 5.74) is 1.01. The van der Waals surface area contributed by atoms with E-state index in [2.05, 4.69) is 0 Å². The lowest BCUT2D eigenvalue weighted by Crippen LogP contribution is -2.29. The van der Waals surface area contributed by atoms with E-state index in [1.54, 1.807) is 12.1 Å². The molecule has 0 saturated carbocycles. The largest absolute Gasteiger partial charge is 0.396 e. The fourth-order valence-electron chi connectivity index (χ4n) is 1.87. The van der Waals surface area contributed by atoms with Crippen LogP contribution in [0.4, 0.5) is 4.39 Å². The highest BCUT2D eigenvalue weighted by atomic mass is 19.1. The summed E-state index contributed by atoms with van der Waals surface area (Å²) in [6.07, 6.45) is 0.919. The van der Waals surface area contributed by atoms with E-state index in [-0.39, 0.29) is 18.3 Å². The third kappa shape index (κ3) is 2.55. The molecule has 1 aromatic rings. The Morgan fingerprint density at radius 3 is 2.47 bits per heavy atom. The quantitative estimate of drug-likeness (QED) is 0.823. The van der Waals surface area contributed by atoms with Gasteiger partial charge in [0.05, 0.1) is 13.2 Å². The Kier molecular flexibility index (Phi) is 3.34. The number of ether oxygens (including phenoxy) is 1. The first kappa shape index (κ1) is 10.6. The average molecular weight is 210 g/mol. The summed E-state index contributed by atoms with van der Waals surface area (Å²) in [6, 6.07) is 6.37. The number of benzene rings is 1. The predicted molar refractivity (Wildman–Crippen MR) is 55.2 cm³/mol. The molecule has 1 saturated heterocycles. The molecule has 1 aliphatic rings. The molecular formula is C12H15FO2. The van der Waals surface area contributed by atoms with Crippen molar-refractivity contribution in [2.24, 2.45) is 5.92 Å².